The van der Waals surface area contributed by atoms with Gasteiger partial charge in [-0.25, -0.2) is 4.68 Å². The molecule has 2 aromatic rings. The fourth-order valence-corrected chi connectivity index (χ4v) is 2.30. The number of aryl methyl sites for hydroxylation is 2. The minimum Gasteiger partial charge on any atom is -0.312 e. The molecule has 2 aromatic heterocycles. The first-order chi connectivity index (χ1) is 9.33. The number of hydrogen-bond acceptors (Lipinski definition) is 4. The molecule has 0 amide bonds. The van der Waals surface area contributed by atoms with E-state index >= 15 is 0 Å². The number of rotatable bonds is 3. The molecular weight excluding hydrogens is 240 g/mol. The minimum absolute atomic E-state index is 0.0219. The molecule has 0 aliphatic carbocycles. The summed E-state index contributed by atoms with van der Waals surface area (Å²) in [7, 11) is 0. The zero-order chi connectivity index (χ0) is 13.1. The predicted molar refractivity (Wildman–Crippen MR) is 71.8 cm³/mol. The molecule has 0 atom stereocenters. The van der Waals surface area contributed by atoms with Crippen LogP contribution in [0.1, 0.15) is 16.8 Å². The van der Waals surface area contributed by atoms with Gasteiger partial charge in [0.15, 0.2) is 0 Å². The Morgan fingerprint density at radius 3 is 3.21 bits per heavy atom. The van der Waals surface area contributed by atoms with Gasteiger partial charge in [-0.1, -0.05) is 6.07 Å². The first-order valence-electron chi connectivity index (χ1n) is 6.52. The zero-order valence-electron chi connectivity index (χ0n) is 10.7. The Hall–Kier alpha value is -2.01. The monoisotopic (exact) mass is 256 g/mol. The van der Waals surface area contributed by atoms with E-state index in [1.807, 2.05) is 18.3 Å². The van der Waals surface area contributed by atoms with Gasteiger partial charge < -0.3 is 5.32 Å². The van der Waals surface area contributed by atoms with Crippen molar-refractivity contribution < 1.29 is 0 Å². The average molecular weight is 256 g/mol. The number of hydrogen-bond donors (Lipinski definition) is 1. The van der Waals surface area contributed by atoms with Crippen LogP contribution >= 0.6 is 0 Å². The molecule has 5 heteroatoms. The smallest absolute Gasteiger partial charge is 0.267 e. The van der Waals surface area contributed by atoms with Gasteiger partial charge >= 0.3 is 0 Å². The highest BCUT2D eigenvalue weighted by molar-refractivity contribution is 5.20. The highest BCUT2D eigenvalue weighted by Gasteiger charge is 2.12. The van der Waals surface area contributed by atoms with Gasteiger partial charge in [-0.2, -0.15) is 5.10 Å². The maximum Gasteiger partial charge on any atom is 0.267 e. The summed E-state index contributed by atoms with van der Waals surface area (Å²) < 4.78 is 1.57. The first-order valence-corrected chi connectivity index (χ1v) is 6.52. The van der Waals surface area contributed by atoms with Crippen molar-refractivity contribution in [3.05, 3.63) is 57.8 Å². The van der Waals surface area contributed by atoms with E-state index in [0.717, 1.165) is 42.8 Å². The van der Waals surface area contributed by atoms with Crippen LogP contribution in [-0.4, -0.2) is 21.3 Å². The van der Waals surface area contributed by atoms with Gasteiger partial charge in [0.05, 0.1) is 5.69 Å². The van der Waals surface area contributed by atoms with Crippen LogP contribution in [0.5, 0.6) is 0 Å². The van der Waals surface area contributed by atoms with Crippen LogP contribution in [-0.2, 0) is 25.9 Å². The maximum absolute atomic E-state index is 12.0. The van der Waals surface area contributed by atoms with Crippen LogP contribution in [0.4, 0.5) is 0 Å². The molecule has 5 nitrogen and oxygen atoms in total. The third kappa shape index (κ3) is 2.71. The summed E-state index contributed by atoms with van der Waals surface area (Å²) in [6.07, 6.45) is 5.24. The number of nitrogens with zero attached hydrogens (tertiary/aromatic N) is 3. The maximum atomic E-state index is 12.0. The summed E-state index contributed by atoms with van der Waals surface area (Å²) >= 11 is 0. The third-order valence-corrected chi connectivity index (χ3v) is 3.35. The summed E-state index contributed by atoms with van der Waals surface area (Å²) in [6, 6.07) is 5.63. The normalized spacial score (nSPS) is 14.1. The van der Waals surface area contributed by atoms with E-state index in [2.05, 4.69) is 15.4 Å². The van der Waals surface area contributed by atoms with Crippen molar-refractivity contribution in [1.29, 1.82) is 0 Å². The molecule has 0 radical (unpaired) electrons. The number of nitrogens with one attached hydrogen (secondary N) is 1. The van der Waals surface area contributed by atoms with Crippen LogP contribution in [0.2, 0.25) is 0 Å². The lowest BCUT2D eigenvalue weighted by atomic mass is 10.1. The molecule has 1 aliphatic rings. The van der Waals surface area contributed by atoms with Gasteiger partial charge in [-0.05, 0) is 23.6 Å². The first kappa shape index (κ1) is 12.0. The highest BCUT2D eigenvalue weighted by Crippen LogP contribution is 2.08. The van der Waals surface area contributed by atoms with E-state index in [0.29, 0.717) is 6.54 Å². The topological polar surface area (TPSA) is 59.8 Å². The lowest BCUT2D eigenvalue weighted by Gasteiger charge is -2.17. The molecule has 1 aliphatic heterocycles. The van der Waals surface area contributed by atoms with Crippen LogP contribution in [0.15, 0.2) is 35.4 Å². The average Bonchev–Trinajstić information content (AvgIpc) is 2.46. The number of fused-ring (bicyclic) bond motifs is 1. The van der Waals surface area contributed by atoms with E-state index in [9.17, 15) is 4.79 Å². The van der Waals surface area contributed by atoms with Crippen LogP contribution in [0.3, 0.4) is 0 Å². The SMILES string of the molecule is O=c1cc2c(nn1CCc1cccnc1)CCNC2. The predicted octanol–water partition coefficient (Wildman–Crippen LogP) is 0.527. The second kappa shape index (κ2) is 5.32. The number of aromatic nitrogens is 3. The van der Waals surface area contributed by atoms with E-state index in [1.54, 1.807) is 16.9 Å². The standard InChI is InChI=1S/C14H16N4O/c19-14-8-12-10-16-6-3-13(12)17-18(14)7-4-11-2-1-5-15-9-11/h1-2,5,8-9,16H,3-4,6-7,10H2. The summed E-state index contributed by atoms with van der Waals surface area (Å²) in [6.45, 7) is 2.28. The largest absolute Gasteiger partial charge is 0.312 e. The summed E-state index contributed by atoms with van der Waals surface area (Å²) in [5.74, 6) is 0. The van der Waals surface area contributed by atoms with Gasteiger partial charge in [0.2, 0.25) is 0 Å². The lowest BCUT2D eigenvalue weighted by Crippen LogP contribution is -2.32. The van der Waals surface area contributed by atoms with Crippen molar-refractivity contribution in [2.24, 2.45) is 0 Å². The molecule has 0 fully saturated rings. The minimum atomic E-state index is -0.0219. The van der Waals surface area contributed by atoms with Gasteiger partial charge in [-0.3, -0.25) is 9.78 Å². The van der Waals surface area contributed by atoms with Crippen LogP contribution < -0.4 is 10.9 Å². The van der Waals surface area contributed by atoms with E-state index in [-0.39, 0.29) is 5.56 Å². The Kier molecular flexibility index (Phi) is 3.37. The summed E-state index contributed by atoms with van der Waals surface area (Å²) in [5.41, 5.74) is 3.18. The molecule has 3 rings (SSSR count). The van der Waals surface area contributed by atoms with Gasteiger partial charge in [0, 0.05) is 44.5 Å². The summed E-state index contributed by atoms with van der Waals surface area (Å²) in [5, 5.41) is 7.72. The molecule has 0 aromatic carbocycles. The molecule has 0 saturated carbocycles. The van der Waals surface area contributed by atoms with E-state index in [1.165, 1.54) is 0 Å². The Labute approximate surface area is 111 Å². The molecule has 0 saturated heterocycles. The van der Waals surface area contributed by atoms with Gasteiger partial charge in [0.25, 0.3) is 5.56 Å². The quantitative estimate of drug-likeness (QED) is 0.870. The molecule has 0 bridgehead atoms. The Bertz CT molecular complexity index is 621. The van der Waals surface area contributed by atoms with Crippen molar-refractivity contribution in [3.8, 4) is 0 Å². The molecule has 19 heavy (non-hydrogen) atoms. The molecular formula is C14H16N4O. The van der Waals surface area contributed by atoms with Crippen LogP contribution in [0, 0.1) is 0 Å². The molecule has 1 N–H and O–H groups in total. The molecule has 98 valence electrons. The zero-order valence-corrected chi connectivity index (χ0v) is 10.7. The van der Waals surface area contributed by atoms with E-state index in [4.69, 9.17) is 0 Å². The second-order valence-corrected chi connectivity index (χ2v) is 4.72. The molecule has 0 spiro atoms. The highest BCUT2D eigenvalue weighted by atomic mass is 16.1. The van der Waals surface area contributed by atoms with E-state index < -0.39 is 0 Å². The van der Waals surface area contributed by atoms with Crippen molar-refractivity contribution in [2.45, 2.75) is 25.9 Å². The number of pyridine rings is 1. The molecule has 0 unspecified atom stereocenters. The lowest BCUT2D eigenvalue weighted by molar-refractivity contribution is 0.532. The van der Waals surface area contributed by atoms with Crippen LogP contribution in [0.25, 0.3) is 0 Å². The third-order valence-electron chi connectivity index (χ3n) is 3.35. The fraction of sp³-hybridized carbons (Fsp3) is 0.357. The fourth-order valence-electron chi connectivity index (χ4n) is 2.30. The second-order valence-electron chi connectivity index (χ2n) is 4.72. The Balaban J connectivity index is 1.79. The van der Waals surface area contributed by atoms with Gasteiger partial charge in [0.1, 0.15) is 0 Å². The Morgan fingerprint density at radius 1 is 1.42 bits per heavy atom. The van der Waals surface area contributed by atoms with Crippen molar-refractivity contribution in [1.82, 2.24) is 20.1 Å². The van der Waals surface area contributed by atoms with Crippen molar-refractivity contribution in [2.75, 3.05) is 6.54 Å². The van der Waals surface area contributed by atoms with Gasteiger partial charge in [-0.15, -0.1) is 0 Å². The van der Waals surface area contributed by atoms with Crippen molar-refractivity contribution in [3.63, 3.8) is 0 Å². The summed E-state index contributed by atoms with van der Waals surface area (Å²) in [4.78, 5) is 16.0. The van der Waals surface area contributed by atoms with Crippen molar-refractivity contribution >= 4 is 0 Å². The molecule has 3 heterocycles. The Morgan fingerprint density at radius 2 is 2.37 bits per heavy atom.